The molecule has 2 fully saturated rings. The lowest BCUT2D eigenvalue weighted by Crippen LogP contribution is -2.44. The third-order valence-corrected chi connectivity index (χ3v) is 9.13. The Hall–Kier alpha value is -0.860. The quantitative estimate of drug-likeness (QED) is 0.463. The summed E-state index contributed by atoms with van der Waals surface area (Å²) in [6.45, 7) is 8.12. The molecule has 0 spiro atoms. The first kappa shape index (κ1) is 22.9. The highest BCUT2D eigenvalue weighted by Gasteiger charge is 2.24. The Morgan fingerprint density at radius 2 is 2.00 bits per heavy atom. The number of benzene rings is 1. The van der Waals surface area contributed by atoms with Gasteiger partial charge in [-0.1, -0.05) is 43.3 Å². The Bertz CT molecular complexity index is 947. The van der Waals surface area contributed by atoms with Crippen molar-refractivity contribution >= 4 is 56.9 Å². The van der Waals surface area contributed by atoms with E-state index in [1.54, 1.807) is 0 Å². The Balaban J connectivity index is 1.22. The van der Waals surface area contributed by atoms with Crippen LogP contribution in [0.25, 0.3) is 10.9 Å². The zero-order valence-corrected chi connectivity index (χ0v) is 21.3. The van der Waals surface area contributed by atoms with Crippen molar-refractivity contribution in [1.82, 2.24) is 14.2 Å². The average molecular weight is 492 g/mol. The number of aromatic nitrogens is 1. The molecular formula is C24H34ClN5S2. The summed E-state index contributed by atoms with van der Waals surface area (Å²) in [6.07, 6.45) is 6.29. The summed E-state index contributed by atoms with van der Waals surface area (Å²) in [6, 6.07) is 7.33. The number of aliphatic imine (C=N–C) groups is 1. The number of hydrogen-bond acceptors (Lipinski definition) is 6. The minimum Gasteiger partial charge on any atom is -0.381 e. The number of fused-ring (bicyclic) bond motifs is 1. The molecule has 5 rings (SSSR count). The van der Waals surface area contributed by atoms with Crippen LogP contribution in [0.3, 0.4) is 0 Å². The van der Waals surface area contributed by atoms with Crippen LogP contribution in [0.5, 0.6) is 0 Å². The largest absolute Gasteiger partial charge is 0.381 e. The molecule has 3 heterocycles. The van der Waals surface area contributed by atoms with Gasteiger partial charge >= 0.3 is 0 Å². The molecule has 2 aliphatic heterocycles. The van der Waals surface area contributed by atoms with Crippen LogP contribution >= 0.6 is 35.3 Å². The number of rotatable bonds is 8. The van der Waals surface area contributed by atoms with Gasteiger partial charge in [0.15, 0.2) is 0 Å². The van der Waals surface area contributed by atoms with Gasteiger partial charge in [-0.05, 0) is 37.5 Å². The predicted octanol–water partition coefficient (Wildman–Crippen LogP) is 5.71. The van der Waals surface area contributed by atoms with Crippen LogP contribution in [-0.4, -0.2) is 75.5 Å². The molecule has 5 nitrogen and oxygen atoms in total. The number of thioether (sulfide) groups is 1. The maximum absolute atomic E-state index is 6.44. The number of piperazine rings is 1. The Morgan fingerprint density at radius 1 is 1.19 bits per heavy atom. The van der Waals surface area contributed by atoms with Crippen molar-refractivity contribution in [3.8, 4) is 0 Å². The zero-order chi connectivity index (χ0) is 21.9. The van der Waals surface area contributed by atoms with Gasteiger partial charge in [0.25, 0.3) is 0 Å². The predicted molar refractivity (Wildman–Crippen MR) is 143 cm³/mol. The maximum atomic E-state index is 6.44. The monoisotopic (exact) mass is 491 g/mol. The van der Waals surface area contributed by atoms with Gasteiger partial charge < -0.3 is 15.2 Å². The number of nitrogens with zero attached hydrogens (tertiary/aromatic N) is 3. The second-order valence-electron chi connectivity index (χ2n) is 9.10. The van der Waals surface area contributed by atoms with Gasteiger partial charge in [0.05, 0.1) is 22.9 Å². The molecule has 2 aromatic rings. The normalized spacial score (nSPS) is 23.3. The lowest BCUT2D eigenvalue weighted by atomic mass is 10.2. The average Bonchev–Trinajstić information content (AvgIpc) is 3.54. The second kappa shape index (κ2) is 10.6. The number of anilines is 1. The van der Waals surface area contributed by atoms with Crippen molar-refractivity contribution in [3.63, 3.8) is 0 Å². The first-order chi connectivity index (χ1) is 15.7. The van der Waals surface area contributed by atoms with Gasteiger partial charge in [-0.25, -0.2) is 4.31 Å². The highest BCUT2D eigenvalue weighted by molar-refractivity contribution is 8.14. The van der Waals surface area contributed by atoms with E-state index < -0.39 is 0 Å². The smallest absolute Gasteiger partial charge is 0.114 e. The van der Waals surface area contributed by atoms with Crippen LogP contribution in [0.1, 0.15) is 44.7 Å². The van der Waals surface area contributed by atoms with Crippen LogP contribution in [0.15, 0.2) is 23.2 Å². The van der Waals surface area contributed by atoms with Crippen molar-refractivity contribution in [2.45, 2.75) is 51.1 Å². The molecule has 1 aromatic heterocycles. The van der Waals surface area contributed by atoms with Crippen LogP contribution in [0, 0.1) is 0 Å². The lowest BCUT2D eigenvalue weighted by Gasteiger charge is -2.33. The summed E-state index contributed by atoms with van der Waals surface area (Å²) in [4.78, 5) is 11.4. The number of aromatic amines is 1. The summed E-state index contributed by atoms with van der Waals surface area (Å²) in [5.74, 6) is 2.26. The number of nitrogens with one attached hydrogen (secondary N) is 2. The van der Waals surface area contributed by atoms with Crippen molar-refractivity contribution < 1.29 is 0 Å². The fourth-order valence-electron chi connectivity index (χ4n) is 5.03. The third-order valence-electron chi connectivity index (χ3n) is 6.77. The molecule has 1 unspecified atom stereocenters. The molecule has 1 saturated heterocycles. The molecular weight excluding hydrogens is 458 g/mol. The van der Waals surface area contributed by atoms with Crippen molar-refractivity contribution in [1.29, 1.82) is 0 Å². The van der Waals surface area contributed by atoms with E-state index in [9.17, 15) is 0 Å². The molecule has 1 aromatic carbocycles. The fraction of sp³-hybridized carbons (Fsp3) is 0.625. The summed E-state index contributed by atoms with van der Waals surface area (Å²) < 4.78 is 2.51. The van der Waals surface area contributed by atoms with Gasteiger partial charge in [-0.2, -0.15) is 0 Å². The van der Waals surface area contributed by atoms with E-state index in [1.165, 1.54) is 63.0 Å². The summed E-state index contributed by atoms with van der Waals surface area (Å²) in [5.41, 5.74) is 3.42. The summed E-state index contributed by atoms with van der Waals surface area (Å²) in [7, 11) is 0. The SMILES string of the molecule is CCSN1CCN(CCC2CSC(c3cc4cc(Cl)cc(NC5CCCC5)c4[nH]3)=N2)CC1. The van der Waals surface area contributed by atoms with E-state index in [0.29, 0.717) is 12.1 Å². The van der Waals surface area contributed by atoms with Crippen LogP contribution in [-0.2, 0) is 0 Å². The molecule has 32 heavy (non-hydrogen) atoms. The minimum atomic E-state index is 0.420. The van der Waals surface area contributed by atoms with Gasteiger partial charge in [-0.15, -0.1) is 11.8 Å². The first-order valence-corrected chi connectivity index (χ1v) is 14.4. The Morgan fingerprint density at radius 3 is 2.78 bits per heavy atom. The zero-order valence-electron chi connectivity index (χ0n) is 18.9. The molecule has 174 valence electrons. The molecule has 0 amide bonds. The Labute approximate surface area is 205 Å². The summed E-state index contributed by atoms with van der Waals surface area (Å²) >= 11 is 10.3. The molecule has 1 atom stereocenters. The second-order valence-corrected chi connectivity index (χ2v) is 11.9. The first-order valence-electron chi connectivity index (χ1n) is 12.1. The highest BCUT2D eigenvalue weighted by Crippen LogP contribution is 2.33. The third kappa shape index (κ3) is 5.44. The van der Waals surface area contributed by atoms with Gasteiger partial charge in [0.2, 0.25) is 0 Å². The lowest BCUT2D eigenvalue weighted by molar-refractivity contribution is 0.192. The van der Waals surface area contributed by atoms with Gasteiger partial charge in [-0.3, -0.25) is 4.99 Å². The van der Waals surface area contributed by atoms with Crippen LogP contribution in [0.4, 0.5) is 5.69 Å². The molecule has 0 bridgehead atoms. The van der Waals surface area contributed by atoms with E-state index in [1.807, 2.05) is 23.7 Å². The molecule has 3 aliphatic rings. The minimum absolute atomic E-state index is 0.420. The van der Waals surface area contributed by atoms with Crippen LogP contribution < -0.4 is 5.32 Å². The van der Waals surface area contributed by atoms with Crippen molar-refractivity contribution in [3.05, 3.63) is 28.9 Å². The highest BCUT2D eigenvalue weighted by atomic mass is 35.5. The van der Waals surface area contributed by atoms with E-state index in [-0.39, 0.29) is 0 Å². The van der Waals surface area contributed by atoms with E-state index >= 15 is 0 Å². The number of hydrogen-bond donors (Lipinski definition) is 2. The molecule has 8 heteroatoms. The van der Waals surface area contributed by atoms with E-state index in [4.69, 9.17) is 16.6 Å². The number of halogens is 1. The standard InChI is InChI=1S/C24H34ClN5S2/c1-2-32-30-11-9-29(10-12-30)8-7-20-16-31-24(27-20)22-14-17-13-18(25)15-21(23(17)28-22)26-19-5-3-4-6-19/h13-15,19-20,26,28H,2-12,16H2,1H3. The van der Waals surface area contributed by atoms with E-state index in [2.05, 4.69) is 44.6 Å². The molecule has 0 radical (unpaired) electrons. The number of H-pyrrole nitrogens is 1. The van der Waals surface area contributed by atoms with Crippen LogP contribution in [0.2, 0.25) is 5.02 Å². The topological polar surface area (TPSA) is 46.7 Å². The van der Waals surface area contributed by atoms with E-state index in [0.717, 1.165) is 45.7 Å². The molecule has 1 saturated carbocycles. The van der Waals surface area contributed by atoms with Gasteiger partial charge in [0.1, 0.15) is 5.04 Å². The van der Waals surface area contributed by atoms with Crippen molar-refractivity contribution in [2.75, 3.05) is 49.5 Å². The Kier molecular flexibility index (Phi) is 7.59. The summed E-state index contributed by atoms with van der Waals surface area (Å²) in [5, 5.41) is 6.84. The van der Waals surface area contributed by atoms with Gasteiger partial charge in [0, 0.05) is 60.7 Å². The maximum Gasteiger partial charge on any atom is 0.114 e. The molecule has 2 N–H and O–H groups in total. The van der Waals surface area contributed by atoms with Crippen molar-refractivity contribution in [2.24, 2.45) is 4.99 Å². The fourth-order valence-corrected chi connectivity index (χ4v) is 7.13. The molecule has 1 aliphatic carbocycles.